The van der Waals surface area contributed by atoms with Crippen molar-refractivity contribution >= 4 is 58.3 Å². The van der Waals surface area contributed by atoms with E-state index in [0.717, 1.165) is 12.3 Å². The molecule has 1 rings (SSSR count). The first kappa shape index (κ1) is 18.1. The van der Waals surface area contributed by atoms with E-state index in [9.17, 15) is 9.59 Å². The van der Waals surface area contributed by atoms with Gasteiger partial charge in [0.1, 0.15) is 0 Å². The Morgan fingerprint density at radius 2 is 1.74 bits per heavy atom. The number of ether oxygens (including phenoxy) is 1. The van der Waals surface area contributed by atoms with Gasteiger partial charge in [0.15, 0.2) is 0 Å². The molecule has 0 aromatic heterocycles. The lowest BCUT2D eigenvalue weighted by Gasteiger charge is -2.04. The third-order valence-corrected chi connectivity index (χ3v) is 3.33. The molecule has 0 bridgehead atoms. The second-order valence-corrected chi connectivity index (χ2v) is 4.47. The molecule has 0 radical (unpaired) electrons. The number of rotatable bonds is 2. The Morgan fingerprint density at radius 3 is 2.05 bits per heavy atom. The van der Waals surface area contributed by atoms with Crippen LogP contribution in [0, 0.1) is 0 Å². The van der Waals surface area contributed by atoms with E-state index in [4.69, 9.17) is 51.5 Å². The van der Waals surface area contributed by atoms with Crippen molar-refractivity contribution in [2.45, 2.75) is 6.92 Å². The quantitative estimate of drug-likeness (QED) is 0.365. The maximum absolute atomic E-state index is 10.6. The Morgan fingerprint density at radius 1 is 1.21 bits per heavy atom. The summed E-state index contributed by atoms with van der Waals surface area (Å²) in [6.07, 6.45) is 1.10. The van der Waals surface area contributed by atoms with Crippen LogP contribution >= 0.6 is 46.4 Å². The van der Waals surface area contributed by atoms with E-state index in [-0.39, 0.29) is 31.6 Å². The van der Waals surface area contributed by atoms with Gasteiger partial charge in [-0.2, -0.15) is 0 Å². The molecule has 0 atom stereocenters. The number of carbonyl (C=O) groups is 2. The molecule has 0 amide bonds. The molecular formula is C11H8Cl4O4. The van der Waals surface area contributed by atoms with Crippen LogP contribution in [0.5, 0.6) is 0 Å². The van der Waals surface area contributed by atoms with E-state index in [1.54, 1.807) is 0 Å². The van der Waals surface area contributed by atoms with Crippen LogP contribution in [0.2, 0.25) is 20.1 Å². The summed E-state index contributed by atoms with van der Waals surface area (Å²) < 4.78 is 4.17. The van der Waals surface area contributed by atoms with Gasteiger partial charge < -0.3 is 9.84 Å². The number of aromatic carboxylic acids is 1. The highest BCUT2D eigenvalue weighted by Gasteiger charge is 2.17. The second kappa shape index (κ2) is 8.27. The number of benzene rings is 1. The fourth-order valence-electron chi connectivity index (χ4n) is 0.846. The standard InChI is InChI=1S/C7H2Cl4O2.C4H6O2/c8-3-1-2(7(12)13)4(9)6(11)5(3)10;1-3-6-4(2)5/h1H,(H,12,13);3H,1H2,2H3. The molecule has 19 heavy (non-hydrogen) atoms. The summed E-state index contributed by atoms with van der Waals surface area (Å²) in [6.45, 7) is 4.48. The monoisotopic (exact) mass is 344 g/mol. The smallest absolute Gasteiger partial charge is 0.337 e. The van der Waals surface area contributed by atoms with Gasteiger partial charge in [0.2, 0.25) is 0 Å². The highest BCUT2D eigenvalue weighted by atomic mass is 35.5. The molecule has 0 saturated heterocycles. The molecule has 104 valence electrons. The fraction of sp³-hybridized carbons (Fsp3) is 0.0909. The largest absolute Gasteiger partial charge is 0.478 e. The summed E-state index contributed by atoms with van der Waals surface area (Å²) >= 11 is 22.4. The van der Waals surface area contributed by atoms with Crippen molar-refractivity contribution in [2.75, 3.05) is 0 Å². The van der Waals surface area contributed by atoms with Crippen LogP contribution in [0.3, 0.4) is 0 Å². The molecule has 0 aliphatic carbocycles. The third-order valence-electron chi connectivity index (χ3n) is 1.58. The molecule has 0 heterocycles. The molecule has 8 heteroatoms. The van der Waals surface area contributed by atoms with Crippen molar-refractivity contribution in [3.05, 3.63) is 44.6 Å². The summed E-state index contributed by atoms with van der Waals surface area (Å²) in [5, 5.41) is 8.62. The predicted octanol–water partition coefficient (Wildman–Crippen LogP) is 4.69. The van der Waals surface area contributed by atoms with E-state index in [0.29, 0.717) is 0 Å². The maximum Gasteiger partial charge on any atom is 0.337 e. The van der Waals surface area contributed by atoms with E-state index >= 15 is 0 Å². The van der Waals surface area contributed by atoms with Crippen molar-refractivity contribution in [3.8, 4) is 0 Å². The van der Waals surface area contributed by atoms with E-state index in [1.807, 2.05) is 0 Å². The molecule has 4 nitrogen and oxygen atoms in total. The molecule has 0 aliphatic rings. The van der Waals surface area contributed by atoms with Crippen LogP contribution in [-0.2, 0) is 9.53 Å². The number of carboxylic acids is 1. The topological polar surface area (TPSA) is 63.6 Å². The highest BCUT2D eigenvalue weighted by molar-refractivity contribution is 6.52. The van der Waals surface area contributed by atoms with Gasteiger partial charge in [-0.05, 0) is 6.07 Å². The number of carboxylic acid groups (broad SMARTS) is 1. The summed E-state index contributed by atoms with van der Waals surface area (Å²) in [5.74, 6) is -1.53. The summed E-state index contributed by atoms with van der Waals surface area (Å²) in [6, 6.07) is 1.15. The minimum Gasteiger partial charge on any atom is -0.478 e. The predicted molar refractivity (Wildman–Crippen MR) is 75.4 cm³/mol. The Labute approximate surface area is 129 Å². The molecule has 0 aliphatic heterocycles. The summed E-state index contributed by atoms with van der Waals surface area (Å²) in [4.78, 5) is 20.3. The highest BCUT2D eigenvalue weighted by Crippen LogP contribution is 2.37. The Kier molecular flexibility index (Phi) is 7.87. The zero-order valence-electron chi connectivity index (χ0n) is 9.55. The minimum absolute atomic E-state index is 0.0479. The van der Waals surface area contributed by atoms with Gasteiger partial charge in [-0.25, -0.2) is 4.79 Å². The average molecular weight is 346 g/mol. The lowest BCUT2D eigenvalue weighted by atomic mass is 10.2. The van der Waals surface area contributed by atoms with E-state index < -0.39 is 5.97 Å². The van der Waals surface area contributed by atoms with Crippen molar-refractivity contribution in [1.29, 1.82) is 0 Å². The zero-order valence-corrected chi connectivity index (χ0v) is 12.6. The molecule has 1 aromatic rings. The van der Waals surface area contributed by atoms with Crippen LogP contribution in [-0.4, -0.2) is 17.0 Å². The summed E-state index contributed by atoms with van der Waals surface area (Å²) in [5.41, 5.74) is -0.166. The Hall–Kier alpha value is -0.940. The zero-order chi connectivity index (χ0) is 15.2. The molecule has 0 unspecified atom stereocenters. The van der Waals surface area contributed by atoms with Gasteiger partial charge >= 0.3 is 11.9 Å². The molecule has 1 N–H and O–H groups in total. The van der Waals surface area contributed by atoms with Crippen LogP contribution in [0.15, 0.2) is 18.9 Å². The molecular weight excluding hydrogens is 338 g/mol. The van der Waals surface area contributed by atoms with Gasteiger partial charge in [0, 0.05) is 6.92 Å². The van der Waals surface area contributed by atoms with Gasteiger partial charge in [0.25, 0.3) is 0 Å². The number of carbonyl (C=O) groups excluding carboxylic acids is 1. The van der Waals surface area contributed by atoms with Crippen molar-refractivity contribution in [3.63, 3.8) is 0 Å². The van der Waals surface area contributed by atoms with E-state index in [1.165, 1.54) is 6.92 Å². The SMILES string of the molecule is C=COC(C)=O.O=C(O)c1cc(Cl)c(Cl)c(Cl)c1Cl. The van der Waals surface area contributed by atoms with Crippen LogP contribution in [0.1, 0.15) is 17.3 Å². The van der Waals surface area contributed by atoms with Crippen LogP contribution in [0.4, 0.5) is 0 Å². The summed E-state index contributed by atoms with van der Waals surface area (Å²) in [7, 11) is 0. The number of halogens is 4. The Bertz CT molecular complexity index is 514. The van der Waals surface area contributed by atoms with Gasteiger partial charge in [-0.15, -0.1) is 0 Å². The van der Waals surface area contributed by atoms with Crippen molar-refractivity contribution < 1.29 is 19.4 Å². The first-order valence-corrected chi connectivity index (χ1v) is 6.08. The number of esters is 1. The van der Waals surface area contributed by atoms with Crippen molar-refractivity contribution in [2.24, 2.45) is 0 Å². The fourth-order valence-corrected chi connectivity index (χ4v) is 1.73. The molecule has 0 saturated carbocycles. The second-order valence-electron chi connectivity index (χ2n) is 2.93. The lowest BCUT2D eigenvalue weighted by Crippen LogP contribution is -1.98. The number of hydrogen-bond acceptors (Lipinski definition) is 3. The normalized spacial score (nSPS) is 9.11. The molecule has 0 spiro atoms. The van der Waals surface area contributed by atoms with Gasteiger partial charge in [-0.1, -0.05) is 53.0 Å². The van der Waals surface area contributed by atoms with Gasteiger partial charge in [0.05, 0.1) is 31.9 Å². The first-order valence-electron chi connectivity index (χ1n) is 4.56. The van der Waals surface area contributed by atoms with Gasteiger partial charge in [-0.3, -0.25) is 4.79 Å². The minimum atomic E-state index is -1.20. The Balaban J connectivity index is 0.000000459. The first-order chi connectivity index (χ1) is 8.72. The molecule has 1 aromatic carbocycles. The maximum atomic E-state index is 10.6. The average Bonchev–Trinajstić information content (AvgIpc) is 2.31. The van der Waals surface area contributed by atoms with Crippen molar-refractivity contribution in [1.82, 2.24) is 0 Å². The van der Waals surface area contributed by atoms with E-state index in [2.05, 4.69) is 11.3 Å². The van der Waals surface area contributed by atoms with Crippen LogP contribution in [0.25, 0.3) is 0 Å². The van der Waals surface area contributed by atoms with Crippen LogP contribution < -0.4 is 0 Å². The molecule has 0 fully saturated rings. The number of hydrogen-bond donors (Lipinski definition) is 1. The third kappa shape index (κ3) is 5.70. The lowest BCUT2D eigenvalue weighted by molar-refractivity contribution is -0.135.